The summed E-state index contributed by atoms with van der Waals surface area (Å²) in [5, 5.41) is 3.37. The third kappa shape index (κ3) is 4.57. The third-order valence-electron chi connectivity index (χ3n) is 4.29. The molecule has 0 aromatic carbocycles. The number of likely N-dealkylation sites (tertiary alicyclic amines) is 1. The largest absolute Gasteiger partial charge is 0.377 e. The molecular weight excluding hydrogens is 212 g/mol. The predicted molar refractivity (Wildman–Crippen MR) is 71.3 cm³/mol. The molecule has 3 nitrogen and oxygen atoms in total. The zero-order valence-corrected chi connectivity index (χ0v) is 11.3. The third-order valence-corrected chi connectivity index (χ3v) is 4.29. The van der Waals surface area contributed by atoms with Gasteiger partial charge in [0, 0.05) is 12.6 Å². The minimum Gasteiger partial charge on any atom is -0.377 e. The van der Waals surface area contributed by atoms with E-state index in [2.05, 4.69) is 17.3 Å². The van der Waals surface area contributed by atoms with Gasteiger partial charge < -0.3 is 15.0 Å². The summed E-state index contributed by atoms with van der Waals surface area (Å²) in [6, 6.07) is 0.733. The number of piperidine rings is 1. The summed E-state index contributed by atoms with van der Waals surface area (Å²) in [7, 11) is 2.07. The molecule has 0 radical (unpaired) electrons. The average Bonchev–Trinajstić information content (AvgIpc) is 2.41. The van der Waals surface area contributed by atoms with Crippen molar-refractivity contribution in [2.75, 3.05) is 33.3 Å². The van der Waals surface area contributed by atoms with Crippen LogP contribution in [0.4, 0.5) is 0 Å². The highest BCUT2D eigenvalue weighted by Crippen LogP contribution is 2.21. The smallest absolute Gasteiger partial charge is 0.0597 e. The Kier molecular flexibility index (Phi) is 5.75. The fourth-order valence-electron chi connectivity index (χ4n) is 3.05. The molecule has 100 valence electrons. The van der Waals surface area contributed by atoms with Crippen molar-refractivity contribution in [1.29, 1.82) is 0 Å². The lowest BCUT2D eigenvalue weighted by Crippen LogP contribution is -2.36. The molecule has 2 aliphatic rings. The van der Waals surface area contributed by atoms with Gasteiger partial charge in [-0.05, 0) is 58.7 Å². The fourth-order valence-corrected chi connectivity index (χ4v) is 3.05. The second-order valence-corrected chi connectivity index (χ2v) is 5.54. The summed E-state index contributed by atoms with van der Waals surface area (Å²) in [4.78, 5) is 2.56. The zero-order chi connectivity index (χ0) is 11.9. The number of hydrogen-bond donors (Lipinski definition) is 1. The summed E-state index contributed by atoms with van der Waals surface area (Å²) >= 11 is 0. The lowest BCUT2D eigenvalue weighted by Gasteiger charge is -2.30. The summed E-state index contributed by atoms with van der Waals surface area (Å²) < 4.78 is 6.01. The molecule has 0 atom stereocenters. The van der Waals surface area contributed by atoms with Gasteiger partial charge in [-0.25, -0.2) is 0 Å². The van der Waals surface area contributed by atoms with E-state index >= 15 is 0 Å². The summed E-state index contributed by atoms with van der Waals surface area (Å²) in [5.41, 5.74) is 0. The molecule has 0 amide bonds. The first kappa shape index (κ1) is 13.3. The summed E-state index contributed by atoms with van der Waals surface area (Å²) in [5.74, 6) is 0. The topological polar surface area (TPSA) is 24.5 Å². The van der Waals surface area contributed by atoms with Crippen LogP contribution in [0, 0.1) is 0 Å². The van der Waals surface area contributed by atoms with Gasteiger partial charge in [0.15, 0.2) is 0 Å². The Labute approximate surface area is 106 Å². The van der Waals surface area contributed by atoms with Crippen LogP contribution >= 0.6 is 0 Å². The molecule has 2 fully saturated rings. The lowest BCUT2D eigenvalue weighted by molar-refractivity contribution is 0.00960. The van der Waals surface area contributed by atoms with E-state index in [0.29, 0.717) is 6.10 Å². The van der Waals surface area contributed by atoms with Gasteiger partial charge in [0.05, 0.1) is 12.7 Å². The molecule has 1 N–H and O–H groups in total. The maximum Gasteiger partial charge on any atom is 0.0597 e. The molecule has 1 aliphatic heterocycles. The molecule has 17 heavy (non-hydrogen) atoms. The number of ether oxygens (including phenoxy) is 1. The van der Waals surface area contributed by atoms with E-state index < -0.39 is 0 Å². The maximum atomic E-state index is 6.01. The van der Waals surface area contributed by atoms with Crippen LogP contribution in [0.25, 0.3) is 0 Å². The molecule has 2 rings (SSSR count). The van der Waals surface area contributed by atoms with E-state index in [4.69, 9.17) is 4.74 Å². The summed E-state index contributed by atoms with van der Waals surface area (Å²) in [6.45, 7) is 4.66. The van der Waals surface area contributed by atoms with Crippen molar-refractivity contribution in [3.05, 3.63) is 0 Å². The van der Waals surface area contributed by atoms with Crippen LogP contribution < -0.4 is 5.32 Å². The van der Waals surface area contributed by atoms with Crippen molar-refractivity contribution in [2.45, 2.75) is 57.1 Å². The first-order chi connectivity index (χ1) is 8.38. The highest BCUT2D eigenvalue weighted by molar-refractivity contribution is 4.76. The van der Waals surface area contributed by atoms with Gasteiger partial charge in [-0.3, -0.25) is 0 Å². The van der Waals surface area contributed by atoms with E-state index in [1.807, 2.05) is 0 Å². The minimum atomic E-state index is 0.532. The number of nitrogens with zero attached hydrogens (tertiary/aromatic N) is 1. The number of rotatable bonds is 5. The highest BCUT2D eigenvalue weighted by atomic mass is 16.5. The Morgan fingerprint density at radius 1 is 1.06 bits per heavy atom. The van der Waals surface area contributed by atoms with Crippen molar-refractivity contribution >= 4 is 0 Å². The van der Waals surface area contributed by atoms with Crippen molar-refractivity contribution in [3.63, 3.8) is 0 Å². The molecule has 3 heteroatoms. The second kappa shape index (κ2) is 7.34. The maximum absolute atomic E-state index is 6.01. The van der Waals surface area contributed by atoms with Crippen LogP contribution in [0.15, 0.2) is 0 Å². The highest BCUT2D eigenvalue weighted by Gasteiger charge is 2.20. The number of nitrogens with one attached hydrogen (secondary N) is 1. The van der Waals surface area contributed by atoms with E-state index in [1.165, 1.54) is 58.0 Å². The minimum absolute atomic E-state index is 0.532. The zero-order valence-electron chi connectivity index (χ0n) is 11.3. The average molecular weight is 240 g/mol. The Balaban J connectivity index is 1.53. The van der Waals surface area contributed by atoms with Crippen LogP contribution in [-0.4, -0.2) is 50.3 Å². The van der Waals surface area contributed by atoms with Gasteiger partial charge in [0.25, 0.3) is 0 Å². The molecule has 0 bridgehead atoms. The quantitative estimate of drug-likeness (QED) is 0.795. The van der Waals surface area contributed by atoms with Crippen molar-refractivity contribution in [1.82, 2.24) is 10.2 Å². The first-order valence-corrected chi connectivity index (χ1v) is 7.39. The Bertz CT molecular complexity index is 196. The Morgan fingerprint density at radius 3 is 2.41 bits per heavy atom. The van der Waals surface area contributed by atoms with Gasteiger partial charge in [-0.1, -0.05) is 6.42 Å². The molecule has 0 aromatic heterocycles. The molecule has 1 saturated heterocycles. The van der Waals surface area contributed by atoms with Crippen LogP contribution in [0.5, 0.6) is 0 Å². The fraction of sp³-hybridized carbons (Fsp3) is 1.00. The van der Waals surface area contributed by atoms with E-state index in [-0.39, 0.29) is 0 Å². The summed E-state index contributed by atoms with van der Waals surface area (Å²) in [6.07, 6.45) is 9.77. The Morgan fingerprint density at radius 2 is 1.76 bits per heavy atom. The SMILES string of the molecule is CNC1CCC(OCCN2CCCCC2)CC1. The normalized spacial score (nSPS) is 31.6. The molecule has 0 aromatic rings. The molecular formula is C14H28N2O. The monoisotopic (exact) mass is 240 g/mol. The van der Waals surface area contributed by atoms with Crippen LogP contribution in [-0.2, 0) is 4.74 Å². The van der Waals surface area contributed by atoms with Gasteiger partial charge in [-0.2, -0.15) is 0 Å². The number of hydrogen-bond acceptors (Lipinski definition) is 3. The van der Waals surface area contributed by atoms with E-state index in [9.17, 15) is 0 Å². The first-order valence-electron chi connectivity index (χ1n) is 7.39. The molecule has 0 unspecified atom stereocenters. The molecule has 0 spiro atoms. The lowest BCUT2D eigenvalue weighted by atomic mass is 9.93. The van der Waals surface area contributed by atoms with E-state index in [1.54, 1.807) is 0 Å². The second-order valence-electron chi connectivity index (χ2n) is 5.54. The van der Waals surface area contributed by atoms with Crippen LogP contribution in [0.3, 0.4) is 0 Å². The molecule has 1 saturated carbocycles. The van der Waals surface area contributed by atoms with Crippen molar-refractivity contribution in [3.8, 4) is 0 Å². The van der Waals surface area contributed by atoms with Gasteiger partial charge in [0.2, 0.25) is 0 Å². The van der Waals surface area contributed by atoms with Gasteiger partial charge in [-0.15, -0.1) is 0 Å². The molecule has 1 aliphatic carbocycles. The predicted octanol–water partition coefficient (Wildman–Crippen LogP) is 2.02. The Hall–Kier alpha value is -0.120. The van der Waals surface area contributed by atoms with Crippen molar-refractivity contribution < 1.29 is 4.74 Å². The standard InChI is InChI=1S/C14H28N2O/c1-15-13-5-7-14(8-6-13)17-12-11-16-9-3-2-4-10-16/h13-15H,2-12H2,1H3. The van der Waals surface area contributed by atoms with E-state index in [0.717, 1.165) is 19.2 Å². The van der Waals surface area contributed by atoms with Crippen LogP contribution in [0.1, 0.15) is 44.9 Å². The molecule has 1 heterocycles. The van der Waals surface area contributed by atoms with Crippen molar-refractivity contribution in [2.24, 2.45) is 0 Å². The van der Waals surface area contributed by atoms with Crippen LogP contribution in [0.2, 0.25) is 0 Å². The van der Waals surface area contributed by atoms with Gasteiger partial charge >= 0.3 is 0 Å². The van der Waals surface area contributed by atoms with Gasteiger partial charge in [0.1, 0.15) is 0 Å².